The SMILES string of the molecule is O=C(O)C1CC1C(=O)NC1CCN(c2ccc(Cl)cc2)C1=O. The van der Waals surface area contributed by atoms with E-state index in [-0.39, 0.29) is 11.8 Å². The number of nitrogens with zero attached hydrogens (tertiary/aromatic N) is 1. The topological polar surface area (TPSA) is 86.7 Å². The molecule has 1 aliphatic carbocycles. The van der Waals surface area contributed by atoms with Crippen molar-refractivity contribution in [1.29, 1.82) is 0 Å². The van der Waals surface area contributed by atoms with Crippen molar-refractivity contribution in [2.24, 2.45) is 11.8 Å². The molecule has 2 N–H and O–H groups in total. The Hall–Kier alpha value is -2.08. The van der Waals surface area contributed by atoms with Crippen molar-refractivity contribution in [2.45, 2.75) is 18.9 Å². The Bertz CT molecular complexity index is 631. The van der Waals surface area contributed by atoms with Crippen LogP contribution in [-0.2, 0) is 14.4 Å². The number of carboxylic acid groups (broad SMARTS) is 1. The number of benzene rings is 1. The van der Waals surface area contributed by atoms with Crippen LogP contribution in [0.15, 0.2) is 24.3 Å². The van der Waals surface area contributed by atoms with E-state index in [2.05, 4.69) is 5.32 Å². The lowest BCUT2D eigenvalue weighted by Gasteiger charge is -2.17. The fourth-order valence-corrected chi connectivity index (χ4v) is 2.85. The predicted octanol–water partition coefficient (Wildman–Crippen LogP) is 1.28. The zero-order chi connectivity index (χ0) is 15.9. The van der Waals surface area contributed by atoms with Crippen molar-refractivity contribution < 1.29 is 19.5 Å². The minimum absolute atomic E-state index is 0.178. The molecule has 116 valence electrons. The Morgan fingerprint density at radius 3 is 2.50 bits per heavy atom. The molecule has 0 radical (unpaired) electrons. The first-order valence-electron chi connectivity index (χ1n) is 7.07. The van der Waals surface area contributed by atoms with Gasteiger partial charge in [0.15, 0.2) is 0 Å². The van der Waals surface area contributed by atoms with Gasteiger partial charge in [0.1, 0.15) is 6.04 Å². The van der Waals surface area contributed by atoms with Crippen molar-refractivity contribution in [3.05, 3.63) is 29.3 Å². The van der Waals surface area contributed by atoms with Crippen LogP contribution in [0.3, 0.4) is 0 Å². The maximum atomic E-state index is 12.3. The molecule has 2 amide bonds. The van der Waals surface area contributed by atoms with Crippen molar-refractivity contribution in [3.8, 4) is 0 Å². The number of rotatable bonds is 4. The van der Waals surface area contributed by atoms with Gasteiger partial charge in [-0.3, -0.25) is 14.4 Å². The third kappa shape index (κ3) is 2.78. The van der Waals surface area contributed by atoms with Crippen LogP contribution in [0.2, 0.25) is 5.02 Å². The van der Waals surface area contributed by atoms with Crippen LogP contribution < -0.4 is 10.2 Å². The van der Waals surface area contributed by atoms with Gasteiger partial charge in [0.2, 0.25) is 11.8 Å². The molecule has 1 aromatic carbocycles. The molecular weight excluding hydrogens is 308 g/mol. The van der Waals surface area contributed by atoms with E-state index in [0.29, 0.717) is 24.4 Å². The molecule has 1 heterocycles. The Morgan fingerprint density at radius 2 is 1.91 bits per heavy atom. The summed E-state index contributed by atoms with van der Waals surface area (Å²) in [5.74, 6) is -2.59. The molecule has 1 aromatic rings. The molecule has 2 aliphatic rings. The maximum absolute atomic E-state index is 12.3. The fourth-order valence-electron chi connectivity index (χ4n) is 2.73. The molecule has 3 unspecified atom stereocenters. The molecule has 3 rings (SSSR count). The lowest BCUT2D eigenvalue weighted by Crippen LogP contribution is -2.42. The zero-order valence-electron chi connectivity index (χ0n) is 11.7. The van der Waals surface area contributed by atoms with E-state index in [4.69, 9.17) is 16.7 Å². The average Bonchev–Trinajstić information content (AvgIpc) is 3.22. The number of carbonyl (C=O) groups is 3. The summed E-state index contributed by atoms with van der Waals surface area (Å²) in [6, 6.07) is 6.34. The zero-order valence-corrected chi connectivity index (χ0v) is 12.4. The summed E-state index contributed by atoms with van der Waals surface area (Å²) in [5.41, 5.74) is 0.737. The lowest BCUT2D eigenvalue weighted by atomic mass is 10.2. The Balaban J connectivity index is 1.61. The second kappa shape index (κ2) is 5.61. The first-order valence-corrected chi connectivity index (χ1v) is 7.45. The van der Waals surface area contributed by atoms with Gasteiger partial charge in [-0.1, -0.05) is 11.6 Å². The van der Waals surface area contributed by atoms with Crippen LogP contribution in [0.25, 0.3) is 0 Å². The summed E-state index contributed by atoms with van der Waals surface area (Å²) in [6.07, 6.45) is 0.862. The van der Waals surface area contributed by atoms with Crippen LogP contribution >= 0.6 is 11.6 Å². The van der Waals surface area contributed by atoms with Gasteiger partial charge in [-0.2, -0.15) is 0 Å². The number of carboxylic acids is 1. The van der Waals surface area contributed by atoms with Crippen LogP contribution in [0.5, 0.6) is 0 Å². The number of halogens is 1. The molecule has 6 nitrogen and oxygen atoms in total. The van der Waals surface area contributed by atoms with Crippen LogP contribution in [0, 0.1) is 11.8 Å². The van der Waals surface area contributed by atoms with Crippen LogP contribution in [-0.4, -0.2) is 35.5 Å². The van der Waals surface area contributed by atoms with Gasteiger partial charge in [-0.05, 0) is 37.1 Å². The van der Waals surface area contributed by atoms with E-state index in [1.165, 1.54) is 0 Å². The van der Waals surface area contributed by atoms with Crippen molar-refractivity contribution in [3.63, 3.8) is 0 Å². The summed E-state index contributed by atoms with van der Waals surface area (Å²) in [4.78, 5) is 36.7. The predicted molar refractivity (Wildman–Crippen MR) is 79.6 cm³/mol. The van der Waals surface area contributed by atoms with Gasteiger partial charge in [0.05, 0.1) is 11.8 Å². The van der Waals surface area contributed by atoms with Gasteiger partial charge in [0.25, 0.3) is 0 Å². The van der Waals surface area contributed by atoms with E-state index in [1.54, 1.807) is 29.2 Å². The standard InChI is InChI=1S/C15H15ClN2O4/c16-8-1-3-9(4-2-8)18-6-5-12(14(18)20)17-13(19)10-7-11(10)15(21)22/h1-4,10-12H,5-7H2,(H,17,19)(H,21,22). The molecule has 22 heavy (non-hydrogen) atoms. The molecular formula is C15H15ClN2O4. The summed E-state index contributed by atoms with van der Waals surface area (Å²) >= 11 is 5.82. The average molecular weight is 323 g/mol. The normalized spacial score (nSPS) is 26.9. The number of anilines is 1. The summed E-state index contributed by atoms with van der Waals surface area (Å²) in [6.45, 7) is 0.512. The molecule has 1 saturated heterocycles. The minimum atomic E-state index is -0.958. The molecule has 0 aromatic heterocycles. The Kier molecular flexibility index (Phi) is 3.78. The quantitative estimate of drug-likeness (QED) is 0.874. The van der Waals surface area contributed by atoms with Crippen molar-refractivity contribution in [1.82, 2.24) is 5.32 Å². The van der Waals surface area contributed by atoms with Gasteiger partial charge >= 0.3 is 5.97 Å². The van der Waals surface area contributed by atoms with Gasteiger partial charge in [-0.15, -0.1) is 0 Å². The molecule has 2 fully saturated rings. The highest BCUT2D eigenvalue weighted by Crippen LogP contribution is 2.39. The molecule has 1 saturated carbocycles. The monoisotopic (exact) mass is 322 g/mol. The van der Waals surface area contributed by atoms with E-state index in [0.717, 1.165) is 5.69 Å². The molecule has 0 bridgehead atoms. The van der Waals surface area contributed by atoms with Crippen LogP contribution in [0.4, 0.5) is 5.69 Å². The number of carbonyl (C=O) groups excluding carboxylic acids is 2. The fraction of sp³-hybridized carbons (Fsp3) is 0.400. The second-order valence-electron chi connectivity index (χ2n) is 5.60. The summed E-state index contributed by atoms with van der Waals surface area (Å²) < 4.78 is 0. The first-order chi connectivity index (χ1) is 10.5. The second-order valence-corrected chi connectivity index (χ2v) is 6.04. The number of hydrogen-bond acceptors (Lipinski definition) is 3. The van der Waals surface area contributed by atoms with E-state index < -0.39 is 23.8 Å². The third-order valence-corrected chi connectivity index (χ3v) is 4.36. The Labute approximate surface area is 132 Å². The van der Waals surface area contributed by atoms with Gasteiger partial charge in [0, 0.05) is 17.3 Å². The highest BCUT2D eigenvalue weighted by atomic mass is 35.5. The minimum Gasteiger partial charge on any atom is -0.481 e. The highest BCUT2D eigenvalue weighted by molar-refractivity contribution is 6.30. The number of hydrogen-bond donors (Lipinski definition) is 2. The summed E-state index contributed by atoms with van der Waals surface area (Å²) in [5, 5.41) is 12.1. The largest absolute Gasteiger partial charge is 0.481 e. The molecule has 3 atom stereocenters. The lowest BCUT2D eigenvalue weighted by molar-refractivity contribution is -0.140. The Morgan fingerprint density at radius 1 is 1.23 bits per heavy atom. The van der Waals surface area contributed by atoms with Crippen molar-refractivity contribution in [2.75, 3.05) is 11.4 Å². The number of nitrogens with one attached hydrogen (secondary N) is 1. The van der Waals surface area contributed by atoms with Gasteiger partial charge < -0.3 is 15.3 Å². The molecule has 7 heteroatoms. The maximum Gasteiger partial charge on any atom is 0.307 e. The first kappa shape index (κ1) is 14.8. The van der Waals surface area contributed by atoms with E-state index >= 15 is 0 Å². The molecule has 1 aliphatic heterocycles. The summed E-state index contributed by atoms with van der Waals surface area (Å²) in [7, 11) is 0. The molecule has 0 spiro atoms. The third-order valence-electron chi connectivity index (χ3n) is 4.10. The number of aliphatic carboxylic acids is 1. The smallest absolute Gasteiger partial charge is 0.307 e. The van der Waals surface area contributed by atoms with Gasteiger partial charge in [-0.25, -0.2) is 0 Å². The van der Waals surface area contributed by atoms with E-state index in [1.807, 2.05) is 0 Å². The number of amides is 2. The van der Waals surface area contributed by atoms with Crippen molar-refractivity contribution >= 4 is 35.1 Å². The highest BCUT2D eigenvalue weighted by Gasteiger charge is 2.49. The van der Waals surface area contributed by atoms with Crippen LogP contribution in [0.1, 0.15) is 12.8 Å². The van der Waals surface area contributed by atoms with E-state index in [9.17, 15) is 14.4 Å².